The van der Waals surface area contributed by atoms with Crippen molar-refractivity contribution in [3.05, 3.63) is 79.1 Å². The van der Waals surface area contributed by atoms with Gasteiger partial charge < -0.3 is 0 Å². The molecule has 106 valence electrons. The summed E-state index contributed by atoms with van der Waals surface area (Å²) in [6, 6.07) is 23.9. The first kappa shape index (κ1) is 14.0. The molecular weight excluding hydrogens is 275 g/mol. The van der Waals surface area contributed by atoms with E-state index in [1.165, 1.54) is 10.6 Å². The topological polar surface area (TPSA) is 8.81 Å². The summed E-state index contributed by atoms with van der Waals surface area (Å²) in [5.41, 5.74) is 0. The molecule has 0 amide bonds. The number of aromatic nitrogens is 2. The lowest BCUT2D eigenvalue weighted by Gasteiger charge is -2.22. The van der Waals surface area contributed by atoms with Crippen molar-refractivity contribution in [3.63, 3.8) is 0 Å². The van der Waals surface area contributed by atoms with E-state index in [0.717, 1.165) is 6.29 Å². The molecule has 0 spiro atoms. The monoisotopic (exact) mass is 296 g/mol. The first-order valence-electron chi connectivity index (χ1n) is 7.18. The van der Waals surface area contributed by atoms with Crippen molar-refractivity contribution in [2.45, 2.75) is 6.29 Å². The van der Waals surface area contributed by atoms with E-state index in [-0.39, 0.29) is 0 Å². The van der Waals surface area contributed by atoms with Crippen molar-refractivity contribution in [2.75, 3.05) is 6.66 Å². The van der Waals surface area contributed by atoms with E-state index in [1.807, 2.05) is 0 Å². The Morgan fingerprint density at radius 1 is 0.857 bits per heavy atom. The van der Waals surface area contributed by atoms with E-state index in [4.69, 9.17) is 0 Å². The van der Waals surface area contributed by atoms with Crippen molar-refractivity contribution in [1.29, 1.82) is 0 Å². The lowest BCUT2D eigenvalue weighted by Crippen LogP contribution is -2.40. The van der Waals surface area contributed by atoms with E-state index >= 15 is 0 Å². The summed E-state index contributed by atoms with van der Waals surface area (Å²) in [5.74, 6) is 0. The van der Waals surface area contributed by atoms with Gasteiger partial charge in [-0.2, -0.15) is 0 Å². The lowest BCUT2D eigenvalue weighted by molar-refractivity contribution is -0.751. The van der Waals surface area contributed by atoms with Gasteiger partial charge in [0.15, 0.2) is 19.5 Å². The number of benzene rings is 2. The van der Waals surface area contributed by atoms with Crippen molar-refractivity contribution >= 4 is 17.9 Å². The van der Waals surface area contributed by atoms with Crippen molar-refractivity contribution in [2.24, 2.45) is 7.05 Å². The molecule has 0 atom stereocenters. The van der Waals surface area contributed by atoms with Gasteiger partial charge in [-0.1, -0.05) is 36.4 Å². The molecule has 3 rings (SSSR count). The van der Waals surface area contributed by atoms with Gasteiger partial charge in [0.05, 0.1) is 12.9 Å². The maximum absolute atomic E-state index is 2.43. The fourth-order valence-corrected chi connectivity index (χ4v) is 5.87. The van der Waals surface area contributed by atoms with Crippen LogP contribution in [0.25, 0.3) is 0 Å². The van der Waals surface area contributed by atoms with Gasteiger partial charge in [-0.25, -0.2) is 0 Å². The number of hydrogen-bond donors (Lipinski definition) is 0. The van der Waals surface area contributed by atoms with E-state index in [0.29, 0.717) is 0 Å². The summed E-state index contributed by atoms with van der Waals surface area (Å²) in [6.45, 7) is 2.43. The minimum atomic E-state index is -1.45. The molecule has 3 aromatic rings. The smallest absolute Gasteiger partial charge is 0.123 e. The quantitative estimate of drug-likeness (QED) is 0.517. The van der Waals surface area contributed by atoms with Gasteiger partial charge in [0.2, 0.25) is 0 Å². The van der Waals surface area contributed by atoms with Gasteiger partial charge >= 0.3 is 0 Å². The maximum Gasteiger partial charge on any atom is 0.195 e. The molecule has 1 heterocycles. The molecule has 0 aliphatic carbocycles. The zero-order valence-corrected chi connectivity index (χ0v) is 13.4. The minimum absolute atomic E-state index is 1.02. The molecule has 0 N–H and O–H groups in total. The van der Waals surface area contributed by atoms with Crippen LogP contribution in [-0.4, -0.2) is 11.3 Å². The first-order valence-corrected chi connectivity index (χ1v) is 9.60. The Morgan fingerprint density at radius 3 is 1.81 bits per heavy atom. The van der Waals surface area contributed by atoms with Crippen molar-refractivity contribution < 1.29 is 4.68 Å². The maximum atomic E-state index is 2.43. The third-order valence-corrected chi connectivity index (χ3v) is 7.78. The summed E-state index contributed by atoms with van der Waals surface area (Å²) >= 11 is 0. The first-order chi connectivity index (χ1) is 10.2. The highest BCUT2D eigenvalue weighted by molar-refractivity contribution is 7.88. The largest absolute Gasteiger partial charge is 0.195 e. The Labute approximate surface area is 127 Å². The van der Waals surface area contributed by atoms with E-state index in [1.54, 1.807) is 0 Å². The van der Waals surface area contributed by atoms with Crippen LogP contribution < -0.4 is 15.3 Å². The molecule has 0 saturated carbocycles. The van der Waals surface area contributed by atoms with Gasteiger partial charge in [0, 0.05) is 6.07 Å². The fraction of sp³-hybridized carbons (Fsp3) is 0.167. The van der Waals surface area contributed by atoms with Gasteiger partial charge in [-0.05, 0) is 24.3 Å². The summed E-state index contributed by atoms with van der Waals surface area (Å²) in [5, 5.41) is 2.90. The normalized spacial score (nSPS) is 11.5. The highest BCUT2D eigenvalue weighted by atomic mass is 31.2. The summed E-state index contributed by atoms with van der Waals surface area (Å²) in [6.07, 6.45) is 5.27. The molecule has 2 nitrogen and oxygen atoms in total. The average molecular weight is 296 g/mol. The van der Waals surface area contributed by atoms with Crippen LogP contribution in [-0.2, 0) is 13.3 Å². The Morgan fingerprint density at radius 2 is 1.38 bits per heavy atom. The van der Waals surface area contributed by atoms with Gasteiger partial charge in [0.25, 0.3) is 0 Å². The SMILES string of the molecule is C[n+]1cccn1C[P+](C)(c1ccccc1)c1ccccc1. The lowest BCUT2D eigenvalue weighted by atomic mass is 10.4. The summed E-state index contributed by atoms with van der Waals surface area (Å²) in [4.78, 5) is 0. The molecule has 1 aromatic heterocycles. The van der Waals surface area contributed by atoms with Gasteiger partial charge in [-0.3, -0.25) is 0 Å². The van der Waals surface area contributed by atoms with Crippen LogP contribution in [0.2, 0.25) is 0 Å². The van der Waals surface area contributed by atoms with Crippen LogP contribution in [0.4, 0.5) is 0 Å². The molecule has 0 radical (unpaired) electrons. The van der Waals surface area contributed by atoms with Crippen LogP contribution >= 0.6 is 7.26 Å². The van der Waals surface area contributed by atoms with Gasteiger partial charge in [-0.15, -0.1) is 9.36 Å². The minimum Gasteiger partial charge on any atom is -0.123 e. The summed E-state index contributed by atoms with van der Waals surface area (Å²) < 4.78 is 4.46. The Bertz CT molecular complexity index is 665. The number of nitrogens with zero attached hydrogens (tertiary/aromatic N) is 2. The highest BCUT2D eigenvalue weighted by Crippen LogP contribution is 2.53. The molecule has 2 aromatic carbocycles. The Hall–Kier alpha value is -1.92. The molecule has 0 fully saturated rings. The molecule has 0 saturated heterocycles. The second-order valence-corrected chi connectivity index (χ2v) is 9.21. The Kier molecular flexibility index (Phi) is 3.90. The van der Waals surface area contributed by atoms with Crippen molar-refractivity contribution in [3.8, 4) is 0 Å². The van der Waals surface area contributed by atoms with Crippen LogP contribution in [0.5, 0.6) is 0 Å². The zero-order valence-electron chi connectivity index (χ0n) is 12.6. The summed E-state index contributed by atoms with van der Waals surface area (Å²) in [7, 11) is 0.650. The van der Waals surface area contributed by atoms with Crippen LogP contribution in [0.1, 0.15) is 0 Å². The van der Waals surface area contributed by atoms with E-state index < -0.39 is 7.26 Å². The standard InChI is InChI=1S/C18H21N2P/c1-19-14-9-15-20(19)16-21(2,17-10-5-3-6-11-17)18-12-7-4-8-13-18/h3-15H,16H2,1-2H3/q+2. The highest BCUT2D eigenvalue weighted by Gasteiger charge is 2.39. The Balaban J connectivity index is 2.09. The zero-order chi connectivity index (χ0) is 14.7. The molecule has 0 unspecified atom stereocenters. The molecule has 21 heavy (non-hydrogen) atoms. The number of hydrogen-bond acceptors (Lipinski definition) is 0. The predicted molar refractivity (Wildman–Crippen MR) is 90.6 cm³/mol. The average Bonchev–Trinajstić information content (AvgIpc) is 2.94. The van der Waals surface area contributed by atoms with Crippen LogP contribution in [0.15, 0.2) is 79.1 Å². The third-order valence-electron chi connectivity index (χ3n) is 4.05. The van der Waals surface area contributed by atoms with Gasteiger partial charge in [0.1, 0.15) is 17.9 Å². The fourth-order valence-electron chi connectivity index (χ4n) is 2.72. The number of rotatable bonds is 4. The second kappa shape index (κ2) is 5.83. The molecular formula is C18H21N2P+2. The molecule has 0 aliphatic heterocycles. The van der Waals surface area contributed by atoms with E-state index in [2.05, 4.69) is 102 Å². The van der Waals surface area contributed by atoms with E-state index in [9.17, 15) is 0 Å². The number of aryl methyl sites for hydroxylation is 1. The third kappa shape index (κ3) is 2.77. The molecule has 0 aliphatic rings. The second-order valence-electron chi connectivity index (χ2n) is 5.51. The molecule has 0 bridgehead atoms. The van der Waals surface area contributed by atoms with Crippen LogP contribution in [0, 0.1) is 0 Å². The molecule has 3 heteroatoms. The van der Waals surface area contributed by atoms with Crippen molar-refractivity contribution in [1.82, 2.24) is 4.68 Å². The predicted octanol–water partition coefficient (Wildman–Crippen LogP) is 2.57. The van der Waals surface area contributed by atoms with Crippen LogP contribution in [0.3, 0.4) is 0 Å².